The van der Waals surface area contributed by atoms with Crippen molar-refractivity contribution in [2.75, 3.05) is 0 Å². The zero-order chi connectivity index (χ0) is 25.5. The normalized spacial score (nSPS) is 11.8. The smallest absolute Gasteiger partial charge is 0.127 e. The predicted molar refractivity (Wildman–Crippen MR) is 147 cm³/mol. The van der Waals surface area contributed by atoms with Crippen LogP contribution in [0.2, 0.25) is 0 Å². The van der Waals surface area contributed by atoms with Gasteiger partial charge in [-0.2, -0.15) is 0 Å². The maximum Gasteiger partial charge on any atom is 0.127 e. The van der Waals surface area contributed by atoms with Crippen LogP contribution in [0.1, 0.15) is 66.8 Å². The van der Waals surface area contributed by atoms with E-state index in [0.29, 0.717) is 0 Å². The molecule has 0 amide bonds. The molecule has 0 atom stereocenters. The monoisotopic (exact) mass is 454 g/mol. The Balaban J connectivity index is 2.48. The Labute approximate surface area is 204 Å². The highest BCUT2D eigenvalue weighted by atomic mass is 16.3. The Morgan fingerprint density at radius 3 is 0.735 bits per heavy atom. The SMILES string of the molecule is Cc1c(C)c(C)c2c(-c3c(O)c(C)c(C)c4c(C)c(C)c(C)c(C)c34)c(O)c(C)c(C)c2c1C. The van der Waals surface area contributed by atoms with E-state index >= 15 is 0 Å². The molecule has 0 saturated heterocycles. The van der Waals surface area contributed by atoms with Crippen LogP contribution in [-0.2, 0) is 0 Å². The Morgan fingerprint density at radius 2 is 0.471 bits per heavy atom. The fraction of sp³-hybridized carbons (Fsp3) is 0.375. The van der Waals surface area contributed by atoms with Crippen LogP contribution < -0.4 is 0 Å². The Kier molecular flexibility index (Phi) is 5.51. The lowest BCUT2D eigenvalue weighted by Gasteiger charge is -2.26. The summed E-state index contributed by atoms with van der Waals surface area (Å²) in [5.74, 6) is 0.539. The number of hydrogen-bond donors (Lipinski definition) is 2. The molecule has 0 saturated carbocycles. The number of benzene rings is 4. The summed E-state index contributed by atoms with van der Waals surface area (Å²) < 4.78 is 0. The number of aromatic hydroxyl groups is 2. The zero-order valence-electron chi connectivity index (χ0n) is 22.9. The molecule has 2 N–H and O–H groups in total. The van der Waals surface area contributed by atoms with E-state index in [1.807, 2.05) is 13.8 Å². The molecule has 34 heavy (non-hydrogen) atoms. The molecule has 0 spiro atoms. The van der Waals surface area contributed by atoms with Gasteiger partial charge in [0.25, 0.3) is 0 Å². The molecule has 0 aliphatic heterocycles. The lowest BCUT2D eigenvalue weighted by atomic mass is 9.79. The number of rotatable bonds is 1. The molecular formula is C32H38O2. The van der Waals surface area contributed by atoms with Crippen molar-refractivity contribution in [3.63, 3.8) is 0 Å². The van der Waals surface area contributed by atoms with Crippen LogP contribution in [-0.4, -0.2) is 10.2 Å². The Morgan fingerprint density at radius 1 is 0.265 bits per heavy atom. The molecule has 2 nitrogen and oxygen atoms in total. The second kappa shape index (κ2) is 7.77. The van der Waals surface area contributed by atoms with Crippen molar-refractivity contribution in [2.45, 2.75) is 83.1 Å². The van der Waals surface area contributed by atoms with E-state index in [0.717, 1.165) is 55.3 Å². The highest BCUT2D eigenvalue weighted by Crippen LogP contribution is 2.52. The quantitative estimate of drug-likeness (QED) is 0.302. The van der Waals surface area contributed by atoms with Crippen molar-refractivity contribution in [1.82, 2.24) is 0 Å². The Bertz CT molecular complexity index is 1430. The summed E-state index contributed by atoms with van der Waals surface area (Å²) in [7, 11) is 0. The van der Waals surface area contributed by atoms with Crippen molar-refractivity contribution in [3.8, 4) is 22.6 Å². The zero-order valence-corrected chi connectivity index (χ0v) is 22.9. The number of phenolic OH excluding ortho intramolecular Hbond substituents is 2. The molecule has 4 aromatic rings. The summed E-state index contributed by atoms with van der Waals surface area (Å²) in [5, 5.41) is 27.9. The second-order valence-corrected chi connectivity index (χ2v) is 10.4. The van der Waals surface area contributed by atoms with Crippen LogP contribution in [0.3, 0.4) is 0 Å². The lowest BCUT2D eigenvalue weighted by molar-refractivity contribution is 0.465. The number of phenols is 2. The summed E-state index contributed by atoms with van der Waals surface area (Å²) in [6.45, 7) is 25.5. The van der Waals surface area contributed by atoms with Crippen LogP contribution in [0.5, 0.6) is 11.5 Å². The first-order valence-corrected chi connectivity index (χ1v) is 12.2. The topological polar surface area (TPSA) is 40.5 Å². The first kappa shape index (κ1) is 24.1. The molecule has 0 bridgehead atoms. The highest BCUT2D eigenvalue weighted by molar-refractivity contribution is 6.15. The average Bonchev–Trinajstić information content (AvgIpc) is 2.80. The highest BCUT2D eigenvalue weighted by Gasteiger charge is 2.27. The molecule has 0 heterocycles. The number of hydrogen-bond acceptors (Lipinski definition) is 2. The van der Waals surface area contributed by atoms with E-state index in [4.69, 9.17) is 0 Å². The first-order valence-electron chi connectivity index (χ1n) is 12.2. The fourth-order valence-electron chi connectivity index (χ4n) is 6.02. The predicted octanol–water partition coefficient (Wildman–Crippen LogP) is 8.77. The number of aryl methyl sites for hydroxylation is 6. The van der Waals surface area contributed by atoms with Crippen LogP contribution in [0, 0.1) is 83.1 Å². The molecule has 2 heteroatoms. The maximum absolute atomic E-state index is 11.7. The lowest BCUT2D eigenvalue weighted by Crippen LogP contribution is -2.03. The van der Waals surface area contributed by atoms with Gasteiger partial charge in [-0.25, -0.2) is 0 Å². The van der Waals surface area contributed by atoms with Gasteiger partial charge in [-0.05, 0) is 171 Å². The summed E-state index contributed by atoms with van der Waals surface area (Å²) in [5.41, 5.74) is 15.3. The molecule has 4 rings (SSSR count). The largest absolute Gasteiger partial charge is 0.507 e. The minimum absolute atomic E-state index is 0.269. The van der Waals surface area contributed by atoms with Gasteiger partial charge in [0.2, 0.25) is 0 Å². The second-order valence-electron chi connectivity index (χ2n) is 10.4. The van der Waals surface area contributed by atoms with Gasteiger partial charge in [-0.3, -0.25) is 0 Å². The van der Waals surface area contributed by atoms with Gasteiger partial charge in [0.15, 0.2) is 0 Å². The standard InChI is InChI=1S/C32H38O2/c1-13-15(3)19(7)27-25(17(13)5)21(9)23(11)31(33)29(27)30-28-20(8)16(4)14(2)18(6)26(28)22(10)24(12)32(30)34/h33-34H,1-12H3. The van der Waals surface area contributed by atoms with Gasteiger partial charge >= 0.3 is 0 Å². The molecule has 0 radical (unpaired) electrons. The fourth-order valence-corrected chi connectivity index (χ4v) is 6.02. The molecule has 0 unspecified atom stereocenters. The van der Waals surface area contributed by atoms with Gasteiger partial charge in [-0.15, -0.1) is 0 Å². The van der Waals surface area contributed by atoms with Gasteiger partial charge in [0.1, 0.15) is 11.5 Å². The van der Waals surface area contributed by atoms with Crippen LogP contribution in [0.4, 0.5) is 0 Å². The van der Waals surface area contributed by atoms with Gasteiger partial charge in [-0.1, -0.05) is 0 Å². The number of fused-ring (bicyclic) bond motifs is 2. The minimum atomic E-state index is 0.269. The third kappa shape index (κ3) is 2.87. The third-order valence-electron chi connectivity index (χ3n) is 9.18. The average molecular weight is 455 g/mol. The molecule has 0 aliphatic carbocycles. The van der Waals surface area contributed by atoms with Crippen LogP contribution in [0.15, 0.2) is 0 Å². The molecule has 4 aromatic carbocycles. The van der Waals surface area contributed by atoms with Gasteiger partial charge in [0.05, 0.1) is 0 Å². The van der Waals surface area contributed by atoms with Crippen molar-refractivity contribution in [2.24, 2.45) is 0 Å². The molecule has 0 aromatic heterocycles. The van der Waals surface area contributed by atoms with E-state index in [1.165, 1.54) is 44.2 Å². The molecule has 178 valence electrons. The van der Waals surface area contributed by atoms with Gasteiger partial charge < -0.3 is 10.2 Å². The van der Waals surface area contributed by atoms with Crippen molar-refractivity contribution < 1.29 is 10.2 Å². The van der Waals surface area contributed by atoms with E-state index in [2.05, 4.69) is 69.2 Å². The summed E-state index contributed by atoms with van der Waals surface area (Å²) in [6, 6.07) is 0. The molecular weight excluding hydrogens is 416 g/mol. The van der Waals surface area contributed by atoms with E-state index < -0.39 is 0 Å². The van der Waals surface area contributed by atoms with Crippen LogP contribution >= 0.6 is 0 Å². The van der Waals surface area contributed by atoms with E-state index in [1.54, 1.807) is 0 Å². The van der Waals surface area contributed by atoms with E-state index in [9.17, 15) is 10.2 Å². The summed E-state index contributed by atoms with van der Waals surface area (Å²) in [4.78, 5) is 0. The van der Waals surface area contributed by atoms with Crippen LogP contribution in [0.25, 0.3) is 32.7 Å². The summed E-state index contributed by atoms with van der Waals surface area (Å²) >= 11 is 0. The molecule has 0 fully saturated rings. The summed E-state index contributed by atoms with van der Waals surface area (Å²) in [6.07, 6.45) is 0. The van der Waals surface area contributed by atoms with Crippen molar-refractivity contribution >= 4 is 21.5 Å². The molecule has 0 aliphatic rings. The van der Waals surface area contributed by atoms with E-state index in [-0.39, 0.29) is 11.5 Å². The third-order valence-corrected chi connectivity index (χ3v) is 9.18. The Hall–Kier alpha value is -3.00. The maximum atomic E-state index is 11.7. The first-order chi connectivity index (χ1) is 15.7. The minimum Gasteiger partial charge on any atom is -0.507 e. The van der Waals surface area contributed by atoms with Crippen molar-refractivity contribution in [3.05, 3.63) is 66.8 Å². The van der Waals surface area contributed by atoms with Gasteiger partial charge in [0, 0.05) is 11.1 Å². The van der Waals surface area contributed by atoms with Crippen molar-refractivity contribution in [1.29, 1.82) is 0 Å².